The number of hydrogen-bond acceptors (Lipinski definition) is 6. The number of amides is 2. The smallest absolute Gasteiger partial charge is 0.272 e. The fourth-order valence-corrected chi connectivity index (χ4v) is 5.44. The molecule has 2 saturated carbocycles. The Hall–Kier alpha value is -2.58. The highest BCUT2D eigenvalue weighted by Gasteiger charge is 2.39. The second kappa shape index (κ2) is 10.6. The number of carbonyl (C=O) groups excluding carboxylic acids is 2. The quantitative estimate of drug-likeness (QED) is 0.491. The monoisotopic (exact) mass is 494 g/mol. The summed E-state index contributed by atoms with van der Waals surface area (Å²) in [6.07, 6.45) is 7.47. The van der Waals surface area contributed by atoms with Crippen molar-refractivity contribution in [3.8, 4) is 0 Å². The van der Waals surface area contributed by atoms with E-state index in [9.17, 15) is 14.7 Å². The number of hydrogen-bond donors (Lipinski definition) is 2. The molecule has 0 spiro atoms. The molecule has 3 atom stereocenters. The van der Waals surface area contributed by atoms with Crippen molar-refractivity contribution in [2.45, 2.75) is 70.6 Å². The number of carbonyl (C=O) groups is 2. The molecule has 2 heterocycles. The lowest BCUT2D eigenvalue weighted by molar-refractivity contribution is -0.133. The van der Waals surface area contributed by atoms with Crippen LogP contribution in [0.25, 0.3) is 0 Å². The largest absolute Gasteiger partial charge is 0.392 e. The molecule has 7 nitrogen and oxygen atoms in total. The van der Waals surface area contributed by atoms with Gasteiger partial charge >= 0.3 is 0 Å². The van der Waals surface area contributed by atoms with Crippen LogP contribution in [-0.4, -0.2) is 46.4 Å². The predicted molar refractivity (Wildman–Crippen MR) is 138 cm³/mol. The number of aromatic nitrogens is 1. The first-order chi connectivity index (χ1) is 17.0. The minimum atomic E-state index is -1.05. The highest BCUT2D eigenvalue weighted by Crippen LogP contribution is 2.38. The standard InChI is InChI=1S/C27H34N4O3S/c1-2-3-8-22(32)20(15-17-9-10-17)25(33)30-24-27(34)31(16-18-11-12-18)21-7-5-4-6-19(21)23(29-24)26-28-13-14-35-26/h4-7,13-14,17-18,20,22,24,32H,2-3,8-12,15-16H2,1H3,(H,30,33)/t20-,22+,24?/m1/s1. The summed E-state index contributed by atoms with van der Waals surface area (Å²) in [4.78, 5) is 38.4. The van der Waals surface area contributed by atoms with E-state index in [2.05, 4.69) is 17.2 Å². The van der Waals surface area contributed by atoms with Gasteiger partial charge < -0.3 is 15.3 Å². The molecule has 8 heteroatoms. The number of aliphatic hydroxyl groups excluding tert-OH is 1. The molecular weight excluding hydrogens is 460 g/mol. The van der Waals surface area contributed by atoms with E-state index in [1.54, 1.807) is 11.1 Å². The van der Waals surface area contributed by atoms with Gasteiger partial charge in [0.1, 0.15) is 10.7 Å². The Morgan fingerprint density at radius 1 is 1.23 bits per heavy atom. The minimum Gasteiger partial charge on any atom is -0.392 e. The molecule has 0 radical (unpaired) electrons. The molecule has 5 rings (SSSR count). The van der Waals surface area contributed by atoms with Gasteiger partial charge in [-0.25, -0.2) is 9.98 Å². The number of fused-ring (bicyclic) bond motifs is 1. The molecule has 1 unspecified atom stereocenters. The van der Waals surface area contributed by atoms with Crippen LogP contribution in [0.3, 0.4) is 0 Å². The van der Waals surface area contributed by atoms with Crippen molar-refractivity contribution < 1.29 is 14.7 Å². The summed E-state index contributed by atoms with van der Waals surface area (Å²) in [5.41, 5.74) is 2.29. The summed E-state index contributed by atoms with van der Waals surface area (Å²) < 4.78 is 0. The summed E-state index contributed by atoms with van der Waals surface area (Å²) in [5.74, 6) is -0.0705. The normalized spacial score (nSPS) is 21.7. The van der Waals surface area contributed by atoms with E-state index in [0.717, 1.165) is 54.8 Å². The Bertz CT molecular complexity index is 1080. The molecule has 0 bridgehead atoms. The molecule has 2 N–H and O–H groups in total. The number of para-hydroxylation sites is 1. The van der Waals surface area contributed by atoms with Crippen molar-refractivity contribution in [3.05, 3.63) is 46.4 Å². The van der Waals surface area contributed by atoms with Crippen LogP contribution < -0.4 is 10.2 Å². The number of thiazole rings is 1. The molecular formula is C27H34N4O3S. The molecule has 1 aromatic carbocycles. The summed E-state index contributed by atoms with van der Waals surface area (Å²) in [6, 6.07) is 7.79. The van der Waals surface area contributed by atoms with Crippen LogP contribution in [0, 0.1) is 17.8 Å². The lowest BCUT2D eigenvalue weighted by Crippen LogP contribution is -2.51. The first-order valence-corrected chi connectivity index (χ1v) is 13.8. The molecule has 0 saturated heterocycles. The van der Waals surface area contributed by atoms with Gasteiger partial charge in [-0.05, 0) is 43.6 Å². The first kappa shape index (κ1) is 24.1. The Kier molecular flexibility index (Phi) is 7.29. The zero-order valence-electron chi connectivity index (χ0n) is 20.2. The van der Waals surface area contributed by atoms with Gasteiger partial charge in [0.05, 0.1) is 17.7 Å². The Balaban J connectivity index is 1.47. The molecule has 35 heavy (non-hydrogen) atoms. The van der Waals surface area contributed by atoms with Gasteiger partial charge in [0.25, 0.3) is 5.91 Å². The van der Waals surface area contributed by atoms with Crippen molar-refractivity contribution in [1.82, 2.24) is 10.3 Å². The van der Waals surface area contributed by atoms with Gasteiger partial charge in [0, 0.05) is 23.7 Å². The molecule has 3 aliphatic rings. The van der Waals surface area contributed by atoms with Crippen LogP contribution in [-0.2, 0) is 9.59 Å². The van der Waals surface area contributed by atoms with Gasteiger partial charge in [0.2, 0.25) is 12.1 Å². The second-order valence-electron chi connectivity index (χ2n) is 10.1. The van der Waals surface area contributed by atoms with E-state index in [1.165, 1.54) is 11.3 Å². The molecule has 1 aromatic heterocycles. The number of benzene rings is 1. The zero-order chi connectivity index (χ0) is 24.4. The summed E-state index contributed by atoms with van der Waals surface area (Å²) >= 11 is 1.46. The fraction of sp³-hybridized carbons (Fsp3) is 0.556. The van der Waals surface area contributed by atoms with E-state index in [4.69, 9.17) is 4.99 Å². The zero-order valence-corrected chi connectivity index (χ0v) is 21.0. The molecule has 2 fully saturated rings. The molecule has 2 amide bonds. The first-order valence-electron chi connectivity index (χ1n) is 12.9. The number of aliphatic imine (C=N–C) groups is 1. The van der Waals surface area contributed by atoms with Crippen molar-refractivity contribution in [1.29, 1.82) is 0 Å². The second-order valence-corrected chi connectivity index (χ2v) is 11.0. The predicted octanol–water partition coefficient (Wildman–Crippen LogP) is 4.15. The Morgan fingerprint density at radius 2 is 2.00 bits per heavy atom. The van der Waals surface area contributed by atoms with Crippen LogP contribution in [0.5, 0.6) is 0 Å². The number of unbranched alkanes of at least 4 members (excludes halogenated alkanes) is 1. The maximum absolute atomic E-state index is 13.8. The van der Waals surface area contributed by atoms with E-state index in [1.807, 2.05) is 29.6 Å². The number of nitrogens with zero attached hydrogens (tertiary/aromatic N) is 3. The van der Waals surface area contributed by atoms with Gasteiger partial charge in [-0.15, -0.1) is 11.3 Å². The van der Waals surface area contributed by atoms with E-state index in [0.29, 0.717) is 36.9 Å². The van der Waals surface area contributed by atoms with Crippen molar-refractivity contribution in [2.75, 3.05) is 11.4 Å². The lowest BCUT2D eigenvalue weighted by Gasteiger charge is -2.27. The van der Waals surface area contributed by atoms with Crippen LogP contribution in [0.15, 0.2) is 40.8 Å². The highest BCUT2D eigenvalue weighted by atomic mass is 32.1. The molecule has 186 valence electrons. The maximum Gasteiger partial charge on any atom is 0.272 e. The SMILES string of the molecule is CCCC[C@H](O)[C@@H](CC1CC1)C(=O)NC1N=C(c2nccs2)c2ccccc2N(CC2CC2)C1=O. The van der Waals surface area contributed by atoms with Crippen LogP contribution >= 0.6 is 11.3 Å². The van der Waals surface area contributed by atoms with E-state index >= 15 is 0 Å². The average molecular weight is 495 g/mol. The third-order valence-electron chi connectivity index (χ3n) is 7.20. The summed E-state index contributed by atoms with van der Waals surface area (Å²) in [5, 5.41) is 16.4. The molecule has 2 aliphatic carbocycles. The van der Waals surface area contributed by atoms with Gasteiger partial charge in [-0.1, -0.05) is 50.8 Å². The van der Waals surface area contributed by atoms with Crippen LogP contribution in [0.1, 0.15) is 68.9 Å². The van der Waals surface area contributed by atoms with Crippen LogP contribution in [0.2, 0.25) is 0 Å². The Labute approximate surface area is 210 Å². The average Bonchev–Trinajstić information content (AvgIpc) is 3.80. The summed E-state index contributed by atoms with van der Waals surface area (Å²) in [6.45, 7) is 2.70. The summed E-state index contributed by atoms with van der Waals surface area (Å²) in [7, 11) is 0. The number of nitrogens with one attached hydrogen (secondary N) is 1. The number of benzodiazepines with no additional fused rings is 1. The van der Waals surface area contributed by atoms with E-state index < -0.39 is 18.2 Å². The molecule has 2 aromatic rings. The minimum absolute atomic E-state index is 0.225. The third kappa shape index (κ3) is 5.64. The van der Waals surface area contributed by atoms with Crippen molar-refractivity contribution in [3.63, 3.8) is 0 Å². The maximum atomic E-state index is 13.8. The number of anilines is 1. The molecule has 1 aliphatic heterocycles. The van der Waals surface area contributed by atoms with E-state index in [-0.39, 0.29) is 11.8 Å². The number of rotatable bonds is 11. The fourth-order valence-electron chi connectivity index (χ4n) is 4.79. The van der Waals surface area contributed by atoms with Gasteiger partial charge in [0.15, 0.2) is 0 Å². The number of aliphatic hydroxyl groups is 1. The topological polar surface area (TPSA) is 94.9 Å². The Morgan fingerprint density at radius 3 is 2.69 bits per heavy atom. The highest BCUT2D eigenvalue weighted by molar-refractivity contribution is 7.12. The third-order valence-corrected chi connectivity index (χ3v) is 7.98. The lowest BCUT2D eigenvalue weighted by atomic mass is 9.91. The van der Waals surface area contributed by atoms with Crippen molar-refractivity contribution in [2.24, 2.45) is 22.7 Å². The van der Waals surface area contributed by atoms with Gasteiger partial charge in [-0.2, -0.15) is 0 Å². The van der Waals surface area contributed by atoms with Gasteiger partial charge in [-0.3, -0.25) is 9.59 Å². The van der Waals surface area contributed by atoms with Crippen molar-refractivity contribution >= 4 is 34.6 Å². The van der Waals surface area contributed by atoms with Crippen LogP contribution in [0.4, 0.5) is 5.69 Å².